The highest BCUT2D eigenvalue weighted by molar-refractivity contribution is 7.80. The van der Waals surface area contributed by atoms with Crippen LogP contribution in [0.2, 0.25) is 0 Å². The molecule has 98 valence electrons. The third kappa shape index (κ3) is 5.30. The van der Waals surface area contributed by atoms with E-state index in [1.54, 1.807) is 11.8 Å². The Labute approximate surface area is 107 Å². The van der Waals surface area contributed by atoms with Crippen LogP contribution in [0.3, 0.4) is 0 Å². The molecule has 0 bridgehead atoms. The first-order valence-corrected chi connectivity index (χ1v) is 6.36. The molecule has 0 N–H and O–H groups in total. The summed E-state index contributed by atoms with van der Waals surface area (Å²) < 4.78 is 9.16. The number of epoxide rings is 1. The van der Waals surface area contributed by atoms with Crippen LogP contribution in [0.1, 0.15) is 26.7 Å². The van der Waals surface area contributed by atoms with Gasteiger partial charge in [-0.05, 0) is 26.7 Å². The van der Waals surface area contributed by atoms with Crippen LogP contribution in [0, 0.1) is 0 Å². The van der Waals surface area contributed by atoms with Gasteiger partial charge in [0.15, 0.2) is 6.10 Å². The van der Waals surface area contributed by atoms with Crippen molar-refractivity contribution in [1.29, 1.82) is 0 Å². The largest absolute Gasteiger partial charge is 0.450 e. The first-order valence-electron chi connectivity index (χ1n) is 5.84. The van der Waals surface area contributed by atoms with Crippen LogP contribution in [-0.2, 0) is 14.3 Å². The standard InChI is InChI=1S/C8H15NO2S.C3H4O2/c1-2-11-8(10)9-5-3-7(12)4-6-9;1-2-3(4)5-2/h7,12H,2-6H2,1H3;2H,1H3. The van der Waals surface area contributed by atoms with Gasteiger partial charge in [-0.2, -0.15) is 12.6 Å². The summed E-state index contributed by atoms with van der Waals surface area (Å²) in [7, 11) is 0. The fraction of sp³-hybridized carbons (Fsp3) is 0.818. The van der Waals surface area contributed by atoms with E-state index in [-0.39, 0.29) is 18.2 Å². The molecule has 2 aliphatic rings. The lowest BCUT2D eigenvalue weighted by atomic mass is 10.1. The minimum Gasteiger partial charge on any atom is -0.450 e. The van der Waals surface area contributed by atoms with Gasteiger partial charge in [0.2, 0.25) is 0 Å². The lowest BCUT2D eigenvalue weighted by Gasteiger charge is -2.28. The molecule has 1 atom stereocenters. The van der Waals surface area contributed by atoms with Gasteiger partial charge in [-0.15, -0.1) is 0 Å². The van der Waals surface area contributed by atoms with Crippen LogP contribution in [-0.4, -0.2) is 48.0 Å². The molecule has 2 fully saturated rings. The number of nitrogens with zero attached hydrogens (tertiary/aromatic N) is 1. The lowest BCUT2D eigenvalue weighted by Crippen LogP contribution is -2.39. The Kier molecular flexibility index (Phi) is 5.61. The zero-order valence-corrected chi connectivity index (χ0v) is 11.1. The van der Waals surface area contributed by atoms with Gasteiger partial charge in [-0.3, -0.25) is 0 Å². The summed E-state index contributed by atoms with van der Waals surface area (Å²) in [6.07, 6.45) is 1.68. The van der Waals surface area contributed by atoms with Crippen molar-refractivity contribution < 1.29 is 19.1 Å². The number of rotatable bonds is 1. The van der Waals surface area contributed by atoms with Crippen molar-refractivity contribution in [3.8, 4) is 0 Å². The van der Waals surface area contributed by atoms with Crippen LogP contribution in [0.5, 0.6) is 0 Å². The summed E-state index contributed by atoms with van der Waals surface area (Å²) in [4.78, 5) is 22.6. The molecule has 2 saturated heterocycles. The SMILES string of the molecule is CC1OC1=O.CCOC(=O)N1CCC(S)CC1. The molecule has 0 radical (unpaired) electrons. The topological polar surface area (TPSA) is 59.1 Å². The molecule has 0 aromatic carbocycles. The highest BCUT2D eigenvalue weighted by atomic mass is 32.1. The monoisotopic (exact) mass is 261 g/mol. The Bertz CT molecular complexity index is 277. The van der Waals surface area contributed by atoms with E-state index >= 15 is 0 Å². The zero-order valence-electron chi connectivity index (χ0n) is 10.2. The van der Waals surface area contributed by atoms with Crippen molar-refractivity contribution in [3.63, 3.8) is 0 Å². The minimum absolute atomic E-state index is 0.0787. The van der Waals surface area contributed by atoms with Gasteiger partial charge in [-0.25, -0.2) is 9.59 Å². The molecular weight excluding hydrogens is 242 g/mol. The second-order valence-electron chi connectivity index (χ2n) is 4.00. The predicted octanol–water partition coefficient (Wildman–Crippen LogP) is 1.47. The van der Waals surface area contributed by atoms with Gasteiger partial charge in [0, 0.05) is 18.3 Å². The predicted molar refractivity (Wildman–Crippen MR) is 66.2 cm³/mol. The summed E-state index contributed by atoms with van der Waals surface area (Å²) in [5, 5.41) is 0.454. The van der Waals surface area contributed by atoms with E-state index in [0.29, 0.717) is 11.9 Å². The Morgan fingerprint density at radius 1 is 1.53 bits per heavy atom. The summed E-state index contributed by atoms with van der Waals surface area (Å²) in [6, 6.07) is 0. The van der Waals surface area contributed by atoms with Crippen LogP contribution in [0.4, 0.5) is 4.79 Å². The molecule has 2 aliphatic heterocycles. The number of hydrogen-bond donors (Lipinski definition) is 1. The zero-order chi connectivity index (χ0) is 12.8. The molecule has 0 aromatic heterocycles. The summed E-state index contributed by atoms with van der Waals surface area (Å²) in [5.41, 5.74) is 0. The smallest absolute Gasteiger partial charge is 0.409 e. The Morgan fingerprint density at radius 2 is 2.00 bits per heavy atom. The molecule has 0 aromatic rings. The van der Waals surface area contributed by atoms with Crippen molar-refractivity contribution >= 4 is 24.7 Å². The van der Waals surface area contributed by atoms with Crippen molar-refractivity contribution in [2.75, 3.05) is 19.7 Å². The van der Waals surface area contributed by atoms with E-state index < -0.39 is 0 Å². The van der Waals surface area contributed by atoms with Crippen LogP contribution < -0.4 is 0 Å². The third-order valence-corrected chi connectivity index (χ3v) is 3.07. The van der Waals surface area contributed by atoms with Crippen molar-refractivity contribution in [1.82, 2.24) is 4.90 Å². The Hall–Kier alpha value is -0.910. The molecule has 17 heavy (non-hydrogen) atoms. The van der Waals surface area contributed by atoms with Gasteiger partial charge in [0.1, 0.15) is 0 Å². The van der Waals surface area contributed by atoms with E-state index in [9.17, 15) is 9.59 Å². The van der Waals surface area contributed by atoms with E-state index in [1.165, 1.54) is 0 Å². The number of amides is 1. The maximum Gasteiger partial charge on any atom is 0.409 e. The molecule has 6 heteroatoms. The van der Waals surface area contributed by atoms with Gasteiger partial charge in [0.05, 0.1) is 6.61 Å². The lowest BCUT2D eigenvalue weighted by molar-refractivity contribution is -0.117. The normalized spacial score (nSPS) is 23.4. The molecule has 0 spiro atoms. The fourth-order valence-corrected chi connectivity index (χ4v) is 1.63. The second kappa shape index (κ2) is 6.74. The quantitative estimate of drug-likeness (QED) is 0.573. The number of carbonyl (C=O) groups is 2. The van der Waals surface area contributed by atoms with E-state index in [1.807, 2.05) is 6.92 Å². The summed E-state index contributed by atoms with van der Waals surface area (Å²) >= 11 is 4.34. The van der Waals surface area contributed by atoms with Gasteiger partial charge < -0.3 is 14.4 Å². The molecule has 2 heterocycles. The number of hydrogen-bond acceptors (Lipinski definition) is 5. The van der Waals surface area contributed by atoms with Crippen molar-refractivity contribution in [2.45, 2.75) is 38.0 Å². The van der Waals surface area contributed by atoms with Crippen molar-refractivity contribution in [3.05, 3.63) is 0 Å². The molecule has 2 rings (SSSR count). The number of cyclic esters (lactones) is 1. The van der Waals surface area contributed by atoms with Gasteiger partial charge in [-0.1, -0.05) is 0 Å². The number of ether oxygens (including phenoxy) is 2. The van der Waals surface area contributed by atoms with Crippen molar-refractivity contribution in [2.24, 2.45) is 0 Å². The molecule has 1 amide bonds. The molecule has 0 saturated carbocycles. The van der Waals surface area contributed by atoms with E-state index in [2.05, 4.69) is 17.4 Å². The number of carbonyl (C=O) groups excluding carboxylic acids is 2. The average molecular weight is 261 g/mol. The number of thiol groups is 1. The molecule has 1 unspecified atom stereocenters. The summed E-state index contributed by atoms with van der Waals surface area (Å²) in [5.74, 6) is -0.0787. The van der Waals surface area contributed by atoms with Crippen LogP contribution in [0.25, 0.3) is 0 Å². The van der Waals surface area contributed by atoms with Crippen LogP contribution >= 0.6 is 12.6 Å². The maximum absolute atomic E-state index is 11.2. The summed E-state index contributed by atoms with van der Waals surface area (Å²) in [6.45, 7) is 5.57. The molecule has 5 nitrogen and oxygen atoms in total. The first-order chi connectivity index (χ1) is 8.04. The van der Waals surface area contributed by atoms with Gasteiger partial charge in [0.25, 0.3) is 0 Å². The first kappa shape index (κ1) is 14.2. The molecular formula is C11H19NO4S. The second-order valence-corrected chi connectivity index (χ2v) is 4.73. The average Bonchev–Trinajstić information content (AvgIpc) is 2.94. The Balaban J connectivity index is 0.000000239. The maximum atomic E-state index is 11.2. The van der Waals surface area contributed by atoms with Gasteiger partial charge >= 0.3 is 12.1 Å². The highest BCUT2D eigenvalue weighted by Gasteiger charge is 2.31. The van der Waals surface area contributed by atoms with E-state index in [4.69, 9.17) is 4.74 Å². The minimum atomic E-state index is -0.183. The molecule has 0 aliphatic carbocycles. The Morgan fingerprint density at radius 3 is 2.35 bits per heavy atom. The van der Waals surface area contributed by atoms with Crippen LogP contribution in [0.15, 0.2) is 0 Å². The van der Waals surface area contributed by atoms with E-state index in [0.717, 1.165) is 25.9 Å². The fourth-order valence-electron chi connectivity index (χ4n) is 1.40. The number of likely N-dealkylation sites (tertiary alicyclic amines) is 1. The highest BCUT2D eigenvalue weighted by Crippen LogP contribution is 2.15. The third-order valence-electron chi connectivity index (χ3n) is 2.56. The number of piperidine rings is 1.